The van der Waals surface area contributed by atoms with Gasteiger partial charge in [0.1, 0.15) is 6.61 Å². The van der Waals surface area contributed by atoms with Gasteiger partial charge >= 0.3 is 0 Å². The number of nitrogens with zero attached hydrogens (tertiary/aromatic N) is 2. The van der Waals surface area contributed by atoms with Gasteiger partial charge in [0, 0.05) is 12.7 Å². The summed E-state index contributed by atoms with van der Waals surface area (Å²) in [7, 11) is 0. The summed E-state index contributed by atoms with van der Waals surface area (Å²) in [5, 5.41) is 4.31. The summed E-state index contributed by atoms with van der Waals surface area (Å²) in [4.78, 5) is 0. The Balaban J connectivity index is 1.78. The quantitative estimate of drug-likeness (QED) is 0.927. The molecular weight excluding hydrogens is 254 g/mol. The average Bonchev–Trinajstić information content (AvgIpc) is 2.94. The molecule has 5 heteroatoms. The molecule has 0 saturated carbocycles. The predicted octanol–water partition coefficient (Wildman–Crippen LogP) is 2.13. The Bertz CT molecular complexity index is 582. The van der Waals surface area contributed by atoms with Gasteiger partial charge < -0.3 is 15.2 Å². The van der Waals surface area contributed by atoms with Crippen molar-refractivity contribution in [2.45, 2.75) is 32.0 Å². The first-order chi connectivity index (χ1) is 9.79. The number of aryl methyl sites for hydroxylation is 1. The molecule has 2 heterocycles. The maximum absolute atomic E-state index is 6.34. The fourth-order valence-corrected chi connectivity index (χ4v) is 2.43. The third-order valence-corrected chi connectivity index (χ3v) is 3.46. The van der Waals surface area contributed by atoms with Crippen molar-refractivity contribution in [3.63, 3.8) is 0 Å². The molecule has 0 spiro atoms. The first-order valence-corrected chi connectivity index (χ1v) is 6.95. The highest BCUT2D eigenvalue weighted by Crippen LogP contribution is 2.33. The van der Waals surface area contributed by atoms with Crippen LogP contribution in [0.25, 0.3) is 0 Å². The molecule has 1 aromatic heterocycles. The molecule has 0 amide bonds. The Hall–Kier alpha value is -2.01. The van der Waals surface area contributed by atoms with Crippen LogP contribution in [0.2, 0.25) is 0 Å². The van der Waals surface area contributed by atoms with Gasteiger partial charge in [-0.3, -0.25) is 4.68 Å². The third kappa shape index (κ3) is 2.36. The van der Waals surface area contributed by atoms with E-state index in [9.17, 15) is 0 Å². The summed E-state index contributed by atoms with van der Waals surface area (Å²) < 4.78 is 13.6. The van der Waals surface area contributed by atoms with Crippen molar-refractivity contribution in [2.24, 2.45) is 5.73 Å². The lowest BCUT2D eigenvalue weighted by Gasteiger charge is -2.30. The van der Waals surface area contributed by atoms with Gasteiger partial charge in [-0.05, 0) is 24.6 Å². The van der Waals surface area contributed by atoms with Gasteiger partial charge in [-0.15, -0.1) is 0 Å². The highest BCUT2D eigenvalue weighted by Gasteiger charge is 2.29. The second kappa shape index (κ2) is 5.54. The van der Waals surface area contributed by atoms with Crippen LogP contribution in [0.4, 0.5) is 0 Å². The summed E-state index contributed by atoms with van der Waals surface area (Å²) >= 11 is 0. The Morgan fingerprint density at radius 3 is 2.95 bits per heavy atom. The van der Waals surface area contributed by atoms with Crippen molar-refractivity contribution >= 4 is 0 Å². The Morgan fingerprint density at radius 2 is 2.15 bits per heavy atom. The number of para-hydroxylation sites is 2. The smallest absolute Gasteiger partial charge is 0.161 e. The van der Waals surface area contributed by atoms with Gasteiger partial charge in [0.25, 0.3) is 0 Å². The van der Waals surface area contributed by atoms with E-state index in [-0.39, 0.29) is 12.1 Å². The van der Waals surface area contributed by atoms with Crippen LogP contribution in [0.1, 0.15) is 25.1 Å². The second-order valence-electron chi connectivity index (χ2n) is 4.92. The van der Waals surface area contributed by atoms with E-state index in [2.05, 4.69) is 12.0 Å². The van der Waals surface area contributed by atoms with Crippen LogP contribution in [0.15, 0.2) is 36.5 Å². The summed E-state index contributed by atoms with van der Waals surface area (Å²) in [5.74, 6) is 1.53. The summed E-state index contributed by atoms with van der Waals surface area (Å²) in [6.45, 7) is 3.43. The molecular formula is C15H19N3O2. The number of ether oxygens (including phenoxy) is 2. The van der Waals surface area contributed by atoms with Gasteiger partial charge in [0.2, 0.25) is 0 Å². The summed E-state index contributed by atoms with van der Waals surface area (Å²) in [6.07, 6.45) is 2.60. The van der Waals surface area contributed by atoms with E-state index in [0.717, 1.165) is 30.2 Å². The van der Waals surface area contributed by atoms with Gasteiger partial charge in [-0.2, -0.15) is 5.10 Å². The Kier molecular flexibility index (Phi) is 3.60. The molecule has 3 rings (SSSR count). The van der Waals surface area contributed by atoms with Crippen molar-refractivity contribution in [1.29, 1.82) is 0 Å². The number of nitrogens with two attached hydrogens (primary N) is 1. The molecule has 2 N–H and O–H groups in total. The van der Waals surface area contributed by atoms with Gasteiger partial charge in [-0.1, -0.05) is 19.1 Å². The monoisotopic (exact) mass is 273 g/mol. The molecule has 0 radical (unpaired) electrons. The molecule has 1 aliphatic heterocycles. The van der Waals surface area contributed by atoms with E-state index in [1.54, 1.807) is 6.20 Å². The SMILES string of the molecule is CCCn1nccc1C(N)C1COc2ccccc2O1. The lowest BCUT2D eigenvalue weighted by molar-refractivity contribution is 0.0699. The molecule has 1 aromatic carbocycles. The van der Waals surface area contributed by atoms with Crippen molar-refractivity contribution in [3.8, 4) is 11.5 Å². The summed E-state index contributed by atoms with van der Waals surface area (Å²) in [5.41, 5.74) is 7.32. The lowest BCUT2D eigenvalue weighted by atomic mass is 10.1. The number of benzene rings is 1. The summed E-state index contributed by atoms with van der Waals surface area (Å²) in [6, 6.07) is 9.36. The molecule has 20 heavy (non-hydrogen) atoms. The van der Waals surface area contributed by atoms with E-state index in [0.29, 0.717) is 6.61 Å². The first kappa shape index (κ1) is 13.0. The van der Waals surface area contributed by atoms with Crippen molar-refractivity contribution in [2.75, 3.05) is 6.61 Å². The van der Waals surface area contributed by atoms with Crippen LogP contribution in [0.3, 0.4) is 0 Å². The minimum atomic E-state index is -0.252. The first-order valence-electron chi connectivity index (χ1n) is 6.95. The molecule has 0 saturated heterocycles. The van der Waals surface area contributed by atoms with E-state index in [1.165, 1.54) is 0 Å². The number of hydrogen-bond acceptors (Lipinski definition) is 4. The predicted molar refractivity (Wildman–Crippen MR) is 75.8 cm³/mol. The minimum Gasteiger partial charge on any atom is -0.486 e. The highest BCUT2D eigenvalue weighted by atomic mass is 16.6. The van der Waals surface area contributed by atoms with Crippen LogP contribution >= 0.6 is 0 Å². The van der Waals surface area contributed by atoms with Crippen LogP contribution in [0, 0.1) is 0 Å². The molecule has 0 fully saturated rings. The molecule has 0 aliphatic carbocycles. The maximum Gasteiger partial charge on any atom is 0.161 e. The van der Waals surface area contributed by atoms with Gasteiger partial charge in [-0.25, -0.2) is 0 Å². The van der Waals surface area contributed by atoms with Crippen molar-refractivity contribution in [1.82, 2.24) is 9.78 Å². The number of aromatic nitrogens is 2. The van der Waals surface area contributed by atoms with Crippen LogP contribution in [-0.2, 0) is 6.54 Å². The molecule has 2 atom stereocenters. The standard InChI is InChI=1S/C15H19N3O2/c1-2-9-18-11(7-8-17-18)15(16)14-10-19-12-5-3-4-6-13(12)20-14/h3-8,14-15H,2,9-10,16H2,1H3. The fourth-order valence-electron chi connectivity index (χ4n) is 2.43. The van der Waals surface area contributed by atoms with Crippen molar-refractivity contribution < 1.29 is 9.47 Å². The van der Waals surface area contributed by atoms with E-state index in [4.69, 9.17) is 15.2 Å². The largest absolute Gasteiger partial charge is 0.486 e. The molecule has 5 nitrogen and oxygen atoms in total. The highest BCUT2D eigenvalue weighted by molar-refractivity contribution is 5.41. The fraction of sp³-hybridized carbons (Fsp3) is 0.400. The lowest BCUT2D eigenvalue weighted by Crippen LogP contribution is -2.40. The number of fused-ring (bicyclic) bond motifs is 1. The van der Waals surface area contributed by atoms with Crippen molar-refractivity contribution in [3.05, 3.63) is 42.2 Å². The zero-order valence-corrected chi connectivity index (χ0v) is 11.5. The Labute approximate surface area is 118 Å². The van der Waals surface area contributed by atoms with Crippen LogP contribution in [-0.4, -0.2) is 22.5 Å². The second-order valence-corrected chi connectivity index (χ2v) is 4.92. The molecule has 2 aromatic rings. The zero-order valence-electron chi connectivity index (χ0n) is 11.5. The molecule has 1 aliphatic rings. The Morgan fingerprint density at radius 1 is 1.35 bits per heavy atom. The molecule has 106 valence electrons. The van der Waals surface area contributed by atoms with E-state index in [1.807, 2.05) is 35.0 Å². The molecule has 2 unspecified atom stereocenters. The normalized spacial score (nSPS) is 18.8. The topological polar surface area (TPSA) is 62.3 Å². The number of rotatable bonds is 4. The van der Waals surface area contributed by atoms with Crippen LogP contribution in [0.5, 0.6) is 11.5 Å². The zero-order chi connectivity index (χ0) is 13.9. The number of hydrogen-bond donors (Lipinski definition) is 1. The van der Waals surface area contributed by atoms with Crippen LogP contribution < -0.4 is 15.2 Å². The maximum atomic E-state index is 6.34. The van der Waals surface area contributed by atoms with E-state index < -0.39 is 0 Å². The van der Waals surface area contributed by atoms with Gasteiger partial charge in [0.05, 0.1) is 11.7 Å². The van der Waals surface area contributed by atoms with Gasteiger partial charge in [0.15, 0.2) is 17.6 Å². The molecule has 0 bridgehead atoms. The minimum absolute atomic E-state index is 0.197. The average molecular weight is 273 g/mol. The third-order valence-electron chi connectivity index (χ3n) is 3.46. The van der Waals surface area contributed by atoms with E-state index >= 15 is 0 Å².